The second-order valence-corrected chi connectivity index (χ2v) is 10.5. The number of rotatable bonds is 5. The summed E-state index contributed by atoms with van der Waals surface area (Å²) in [5, 5.41) is 0. The molecule has 0 N–H and O–H groups in total. The Morgan fingerprint density at radius 3 is 2.31 bits per heavy atom. The summed E-state index contributed by atoms with van der Waals surface area (Å²) in [4.78, 5) is 36.6. The van der Waals surface area contributed by atoms with Crippen LogP contribution in [0.3, 0.4) is 0 Å². The molecule has 3 aliphatic heterocycles. The molecule has 0 radical (unpaired) electrons. The predicted octanol–water partition coefficient (Wildman–Crippen LogP) is 2.67. The van der Waals surface area contributed by atoms with Gasteiger partial charge in [0, 0.05) is 57.4 Å². The number of carbonyl (C=O) groups is 2. The zero-order valence-electron chi connectivity index (χ0n) is 21.2. The van der Waals surface area contributed by atoms with Crippen molar-refractivity contribution in [3.63, 3.8) is 0 Å². The minimum Gasteiger partial charge on any atom is -0.497 e. The van der Waals surface area contributed by atoms with Gasteiger partial charge >= 0.3 is 0 Å². The molecular formula is C28H36N4O3. The molecule has 2 aromatic rings. The number of piperazine rings is 1. The van der Waals surface area contributed by atoms with Gasteiger partial charge in [-0.15, -0.1) is 0 Å². The maximum atomic E-state index is 14.2. The van der Waals surface area contributed by atoms with Gasteiger partial charge in [0.15, 0.2) is 0 Å². The van der Waals surface area contributed by atoms with Gasteiger partial charge in [-0.2, -0.15) is 0 Å². The minimum atomic E-state index is -0.535. The van der Waals surface area contributed by atoms with Crippen LogP contribution in [-0.2, 0) is 11.3 Å². The zero-order chi connectivity index (χ0) is 24.7. The van der Waals surface area contributed by atoms with E-state index in [9.17, 15) is 9.59 Å². The van der Waals surface area contributed by atoms with E-state index in [0.29, 0.717) is 18.7 Å². The van der Waals surface area contributed by atoms with Gasteiger partial charge in [0.05, 0.1) is 18.6 Å². The standard InChI is InChI=1S/C28H36N4O3/c1-20(2)32-26(33)24-8-6-5-7-23(24)25(27(34)31-15-13-29(3)14-16-31)28(32)18-30(19-28)17-21-9-11-22(35-4)12-10-21/h5-12,20,25H,13-19H2,1-4H3. The fourth-order valence-corrected chi connectivity index (χ4v) is 6.19. The first-order valence-corrected chi connectivity index (χ1v) is 12.6. The number of benzene rings is 2. The fourth-order valence-electron chi connectivity index (χ4n) is 6.19. The van der Waals surface area contributed by atoms with E-state index in [2.05, 4.69) is 42.8 Å². The van der Waals surface area contributed by atoms with Crippen molar-refractivity contribution in [2.24, 2.45) is 0 Å². The third-order valence-electron chi connectivity index (χ3n) is 7.88. The lowest BCUT2D eigenvalue weighted by Crippen LogP contribution is -2.77. The number of carbonyl (C=O) groups excluding carboxylic acids is 2. The van der Waals surface area contributed by atoms with Crippen LogP contribution in [0.2, 0.25) is 0 Å². The molecule has 0 saturated carbocycles. The molecule has 1 spiro atoms. The number of amides is 2. The Morgan fingerprint density at radius 2 is 1.69 bits per heavy atom. The van der Waals surface area contributed by atoms with Gasteiger partial charge in [0.25, 0.3) is 5.91 Å². The Morgan fingerprint density at radius 1 is 1.03 bits per heavy atom. The maximum absolute atomic E-state index is 14.2. The van der Waals surface area contributed by atoms with E-state index in [1.807, 2.05) is 46.2 Å². The van der Waals surface area contributed by atoms with Crippen molar-refractivity contribution >= 4 is 11.8 Å². The molecule has 0 bridgehead atoms. The average molecular weight is 477 g/mol. The molecule has 0 aliphatic carbocycles. The summed E-state index contributed by atoms with van der Waals surface area (Å²) in [6, 6.07) is 15.9. The summed E-state index contributed by atoms with van der Waals surface area (Å²) >= 11 is 0. The smallest absolute Gasteiger partial charge is 0.254 e. The normalized spacial score (nSPS) is 22.3. The number of nitrogens with zero attached hydrogens (tertiary/aromatic N) is 4. The number of hydrogen-bond acceptors (Lipinski definition) is 5. The molecule has 0 aromatic heterocycles. The first-order chi connectivity index (χ1) is 16.8. The second-order valence-electron chi connectivity index (χ2n) is 10.5. The van der Waals surface area contributed by atoms with E-state index in [1.165, 1.54) is 5.56 Å². The number of likely N-dealkylation sites (tertiary alicyclic amines) is 1. The molecule has 2 saturated heterocycles. The van der Waals surface area contributed by atoms with Crippen molar-refractivity contribution < 1.29 is 14.3 Å². The highest BCUT2D eigenvalue weighted by Gasteiger charge is 2.61. The van der Waals surface area contributed by atoms with Gasteiger partial charge in [-0.05, 0) is 50.2 Å². The second kappa shape index (κ2) is 9.28. The highest BCUT2D eigenvalue weighted by Crippen LogP contribution is 2.48. The van der Waals surface area contributed by atoms with Crippen LogP contribution in [0, 0.1) is 0 Å². The maximum Gasteiger partial charge on any atom is 0.254 e. The zero-order valence-corrected chi connectivity index (χ0v) is 21.2. The van der Waals surface area contributed by atoms with Crippen LogP contribution in [0.5, 0.6) is 5.75 Å². The number of ether oxygens (including phenoxy) is 1. The third-order valence-corrected chi connectivity index (χ3v) is 7.88. The molecule has 2 aromatic carbocycles. The molecule has 7 heteroatoms. The molecule has 7 nitrogen and oxygen atoms in total. The van der Waals surface area contributed by atoms with Gasteiger partial charge in [0.1, 0.15) is 5.75 Å². The number of fused-ring (bicyclic) bond motifs is 1. The molecule has 3 heterocycles. The van der Waals surface area contributed by atoms with Crippen molar-refractivity contribution in [3.8, 4) is 5.75 Å². The van der Waals surface area contributed by atoms with Crippen molar-refractivity contribution in [2.45, 2.75) is 37.9 Å². The van der Waals surface area contributed by atoms with Crippen molar-refractivity contribution in [3.05, 3.63) is 65.2 Å². The summed E-state index contributed by atoms with van der Waals surface area (Å²) in [5.41, 5.74) is 2.23. The quantitative estimate of drug-likeness (QED) is 0.664. The molecule has 3 aliphatic rings. The highest BCUT2D eigenvalue weighted by molar-refractivity contribution is 6.02. The van der Waals surface area contributed by atoms with Gasteiger partial charge in [-0.1, -0.05) is 30.3 Å². The molecule has 1 atom stereocenters. The van der Waals surface area contributed by atoms with Crippen molar-refractivity contribution in [2.75, 3.05) is 53.4 Å². The van der Waals surface area contributed by atoms with Crippen LogP contribution in [-0.4, -0.2) is 96.4 Å². The molecule has 5 rings (SSSR count). The van der Waals surface area contributed by atoms with E-state index in [1.54, 1.807) is 7.11 Å². The molecule has 2 fully saturated rings. The van der Waals surface area contributed by atoms with E-state index >= 15 is 0 Å². The summed E-state index contributed by atoms with van der Waals surface area (Å²) in [6.45, 7) is 9.50. The van der Waals surface area contributed by atoms with Gasteiger partial charge < -0.3 is 19.4 Å². The van der Waals surface area contributed by atoms with E-state index in [0.717, 1.165) is 44.0 Å². The Labute approximate surface area is 208 Å². The van der Waals surface area contributed by atoms with Crippen LogP contribution < -0.4 is 4.74 Å². The number of methoxy groups -OCH3 is 1. The van der Waals surface area contributed by atoms with Crippen LogP contribution >= 0.6 is 0 Å². The Kier molecular flexibility index (Phi) is 6.32. The molecular weight excluding hydrogens is 440 g/mol. The minimum absolute atomic E-state index is 0.00165. The van der Waals surface area contributed by atoms with Gasteiger partial charge in [-0.25, -0.2) is 0 Å². The fraction of sp³-hybridized carbons (Fsp3) is 0.500. The summed E-state index contributed by atoms with van der Waals surface area (Å²) in [6.07, 6.45) is 0. The predicted molar refractivity (Wildman–Crippen MR) is 136 cm³/mol. The first-order valence-electron chi connectivity index (χ1n) is 12.6. The highest BCUT2D eigenvalue weighted by atomic mass is 16.5. The molecule has 186 valence electrons. The number of likely N-dealkylation sites (N-methyl/N-ethyl adjacent to an activating group) is 1. The monoisotopic (exact) mass is 476 g/mol. The van der Waals surface area contributed by atoms with Crippen LogP contribution in [0.15, 0.2) is 48.5 Å². The first kappa shape index (κ1) is 23.8. The SMILES string of the molecule is COc1ccc(CN2CC3(C2)C(C(=O)N2CCN(C)CC2)c2ccccc2C(=O)N3C(C)C)cc1. The summed E-state index contributed by atoms with van der Waals surface area (Å²) in [7, 11) is 3.77. The van der Waals surface area contributed by atoms with E-state index in [4.69, 9.17) is 4.74 Å². The lowest BCUT2D eigenvalue weighted by Gasteiger charge is -2.62. The lowest BCUT2D eigenvalue weighted by atomic mass is 9.67. The van der Waals surface area contributed by atoms with Gasteiger partial charge in [0.2, 0.25) is 5.91 Å². The Balaban J connectivity index is 1.48. The lowest BCUT2D eigenvalue weighted by molar-refractivity contribution is -0.146. The van der Waals surface area contributed by atoms with Gasteiger partial charge in [-0.3, -0.25) is 14.5 Å². The summed E-state index contributed by atoms with van der Waals surface area (Å²) in [5.74, 6) is 0.691. The molecule has 35 heavy (non-hydrogen) atoms. The van der Waals surface area contributed by atoms with Crippen LogP contribution in [0.4, 0.5) is 0 Å². The Bertz CT molecular complexity index is 1090. The average Bonchev–Trinajstić information content (AvgIpc) is 2.83. The molecule has 1 unspecified atom stereocenters. The largest absolute Gasteiger partial charge is 0.497 e. The van der Waals surface area contributed by atoms with Crippen LogP contribution in [0.1, 0.15) is 41.3 Å². The number of hydrogen-bond donors (Lipinski definition) is 0. The van der Waals surface area contributed by atoms with Crippen molar-refractivity contribution in [1.82, 2.24) is 19.6 Å². The Hall–Kier alpha value is -2.90. The van der Waals surface area contributed by atoms with Crippen molar-refractivity contribution in [1.29, 1.82) is 0 Å². The summed E-state index contributed by atoms with van der Waals surface area (Å²) < 4.78 is 5.29. The topological polar surface area (TPSA) is 56.3 Å². The molecule has 2 amide bonds. The van der Waals surface area contributed by atoms with E-state index in [-0.39, 0.29) is 23.8 Å². The van der Waals surface area contributed by atoms with E-state index < -0.39 is 5.54 Å². The van der Waals surface area contributed by atoms with Crippen LogP contribution in [0.25, 0.3) is 0 Å². The third kappa shape index (κ3) is 4.10.